The zero-order valence-electron chi connectivity index (χ0n) is 20.7. The van der Waals surface area contributed by atoms with Crippen molar-refractivity contribution in [2.45, 2.75) is 57.5 Å². The van der Waals surface area contributed by atoms with Crippen LogP contribution in [-0.4, -0.2) is 27.8 Å². The molecule has 1 amide bonds. The van der Waals surface area contributed by atoms with Gasteiger partial charge in [0.05, 0.1) is 16.8 Å². The molecule has 1 aliphatic carbocycles. The van der Waals surface area contributed by atoms with Gasteiger partial charge in [-0.3, -0.25) is 14.2 Å². The minimum Gasteiger partial charge on any atom is -0.311 e. The molecule has 0 saturated heterocycles. The van der Waals surface area contributed by atoms with Crippen LogP contribution in [0, 0.1) is 13.8 Å². The van der Waals surface area contributed by atoms with Gasteiger partial charge in [-0.05, 0) is 86.8 Å². The molecule has 184 valence electrons. The van der Waals surface area contributed by atoms with E-state index in [9.17, 15) is 9.59 Å². The van der Waals surface area contributed by atoms with E-state index in [-0.39, 0.29) is 17.2 Å². The van der Waals surface area contributed by atoms with E-state index in [4.69, 9.17) is 4.98 Å². The van der Waals surface area contributed by atoms with Crippen molar-refractivity contribution in [2.24, 2.45) is 0 Å². The Morgan fingerprint density at radius 1 is 1.03 bits per heavy atom. The van der Waals surface area contributed by atoms with Crippen molar-refractivity contribution in [3.63, 3.8) is 0 Å². The Kier molecular flexibility index (Phi) is 6.21. The van der Waals surface area contributed by atoms with Crippen LogP contribution in [-0.2, 0) is 24.1 Å². The summed E-state index contributed by atoms with van der Waals surface area (Å²) in [6, 6.07) is 14.3. The average molecular weight is 516 g/mol. The number of thioether (sulfide) groups is 1. The molecule has 0 saturated carbocycles. The molecule has 6 rings (SSSR count). The summed E-state index contributed by atoms with van der Waals surface area (Å²) in [5, 5.41) is 1.37. The van der Waals surface area contributed by atoms with E-state index in [0.29, 0.717) is 5.16 Å². The molecule has 3 heterocycles. The SMILES string of the molecule is Cc1ccc(C)c(-n2c(SCC(=O)N3CCCc4ccccc43)nc3sc4c(c3c2=O)CCCC4)c1. The number of hydrogen-bond acceptors (Lipinski definition) is 5. The lowest BCUT2D eigenvalue weighted by molar-refractivity contribution is -0.116. The van der Waals surface area contributed by atoms with E-state index >= 15 is 0 Å². The van der Waals surface area contributed by atoms with E-state index in [1.807, 2.05) is 36.9 Å². The molecule has 4 aromatic rings. The maximum absolute atomic E-state index is 14.1. The first-order valence-corrected chi connectivity index (χ1v) is 14.5. The molecule has 0 fully saturated rings. The second-order valence-corrected chi connectivity index (χ2v) is 11.8. The van der Waals surface area contributed by atoms with Gasteiger partial charge in [0.1, 0.15) is 4.83 Å². The number of aryl methyl sites for hydroxylation is 5. The molecule has 7 heteroatoms. The zero-order valence-corrected chi connectivity index (χ0v) is 22.3. The summed E-state index contributed by atoms with van der Waals surface area (Å²) in [5.74, 6) is 0.293. The Hall–Kier alpha value is -2.90. The van der Waals surface area contributed by atoms with E-state index in [2.05, 4.69) is 24.3 Å². The molecule has 36 heavy (non-hydrogen) atoms. The number of carbonyl (C=O) groups excluding carboxylic acids is 1. The number of rotatable bonds is 4. The van der Waals surface area contributed by atoms with Crippen LogP contribution in [0.25, 0.3) is 15.9 Å². The highest BCUT2D eigenvalue weighted by Gasteiger charge is 2.26. The van der Waals surface area contributed by atoms with Crippen LogP contribution in [0.3, 0.4) is 0 Å². The van der Waals surface area contributed by atoms with Gasteiger partial charge in [-0.2, -0.15) is 0 Å². The first-order valence-electron chi connectivity index (χ1n) is 12.7. The maximum Gasteiger partial charge on any atom is 0.267 e. The van der Waals surface area contributed by atoms with Gasteiger partial charge in [0, 0.05) is 17.1 Å². The van der Waals surface area contributed by atoms with Crippen molar-refractivity contribution in [1.82, 2.24) is 9.55 Å². The lowest BCUT2D eigenvalue weighted by Crippen LogP contribution is -2.36. The van der Waals surface area contributed by atoms with Gasteiger partial charge in [0.25, 0.3) is 5.56 Å². The Balaban J connectivity index is 1.42. The first kappa shape index (κ1) is 23.5. The Morgan fingerprint density at radius 2 is 1.86 bits per heavy atom. The van der Waals surface area contributed by atoms with Gasteiger partial charge in [-0.25, -0.2) is 4.98 Å². The second kappa shape index (κ2) is 9.52. The smallest absolute Gasteiger partial charge is 0.267 e. The monoisotopic (exact) mass is 515 g/mol. The van der Waals surface area contributed by atoms with Crippen LogP contribution >= 0.6 is 23.1 Å². The van der Waals surface area contributed by atoms with E-state index in [0.717, 1.165) is 71.4 Å². The topological polar surface area (TPSA) is 55.2 Å². The molecule has 0 atom stereocenters. The minimum atomic E-state index is -0.00799. The molecule has 2 aromatic heterocycles. The number of amides is 1. The standard InChI is InChI=1S/C29H29N3O2S2/c1-18-13-14-19(2)23(16-18)32-28(34)26-21-10-4-6-12-24(21)36-27(26)30-29(32)35-17-25(33)31-15-7-9-20-8-3-5-11-22(20)31/h3,5,8,11,13-14,16H,4,6-7,9-10,12,15,17H2,1-2H3. The fourth-order valence-electron chi connectivity index (χ4n) is 5.45. The number of nitrogens with zero attached hydrogens (tertiary/aromatic N) is 3. The fourth-order valence-corrected chi connectivity index (χ4v) is 7.64. The van der Waals surface area contributed by atoms with Crippen molar-refractivity contribution < 1.29 is 4.79 Å². The highest BCUT2D eigenvalue weighted by Crippen LogP contribution is 2.36. The maximum atomic E-state index is 14.1. The molecule has 0 spiro atoms. The Labute approximate surface area is 219 Å². The molecule has 0 radical (unpaired) electrons. The number of aromatic nitrogens is 2. The van der Waals surface area contributed by atoms with Gasteiger partial charge in [0.2, 0.25) is 5.91 Å². The van der Waals surface area contributed by atoms with Crippen LogP contribution in [0.15, 0.2) is 52.4 Å². The Morgan fingerprint density at radius 3 is 2.75 bits per heavy atom. The highest BCUT2D eigenvalue weighted by atomic mass is 32.2. The third kappa shape index (κ3) is 4.08. The van der Waals surface area contributed by atoms with Gasteiger partial charge in [-0.15, -0.1) is 11.3 Å². The van der Waals surface area contributed by atoms with Gasteiger partial charge >= 0.3 is 0 Å². The van der Waals surface area contributed by atoms with Crippen molar-refractivity contribution in [1.29, 1.82) is 0 Å². The van der Waals surface area contributed by atoms with Crippen molar-refractivity contribution in [3.8, 4) is 5.69 Å². The highest BCUT2D eigenvalue weighted by molar-refractivity contribution is 7.99. The van der Waals surface area contributed by atoms with Crippen LogP contribution in [0.2, 0.25) is 0 Å². The number of thiophene rings is 1. The van der Waals surface area contributed by atoms with Crippen molar-refractivity contribution in [2.75, 3.05) is 17.2 Å². The fraction of sp³-hybridized carbons (Fsp3) is 0.345. The van der Waals surface area contributed by atoms with Crippen LogP contribution in [0.5, 0.6) is 0 Å². The van der Waals surface area contributed by atoms with Crippen molar-refractivity contribution in [3.05, 3.63) is 79.9 Å². The average Bonchev–Trinajstić information content (AvgIpc) is 3.27. The van der Waals surface area contributed by atoms with E-state index in [1.54, 1.807) is 15.9 Å². The number of carbonyl (C=O) groups is 1. The third-order valence-electron chi connectivity index (χ3n) is 7.30. The van der Waals surface area contributed by atoms with Crippen LogP contribution in [0.4, 0.5) is 5.69 Å². The van der Waals surface area contributed by atoms with E-state index in [1.165, 1.54) is 34.2 Å². The largest absolute Gasteiger partial charge is 0.311 e. The summed E-state index contributed by atoms with van der Waals surface area (Å²) in [6.07, 6.45) is 6.21. The quantitative estimate of drug-likeness (QED) is 0.247. The summed E-state index contributed by atoms with van der Waals surface area (Å²) in [7, 11) is 0. The van der Waals surface area contributed by atoms with Crippen LogP contribution in [0.1, 0.15) is 46.4 Å². The number of hydrogen-bond donors (Lipinski definition) is 0. The molecule has 2 aromatic carbocycles. The minimum absolute atomic E-state index is 0.00799. The van der Waals surface area contributed by atoms with Gasteiger partial charge < -0.3 is 4.90 Å². The zero-order chi connectivity index (χ0) is 24.8. The number of anilines is 1. The Bertz CT molecular complexity index is 1550. The molecule has 0 bridgehead atoms. The summed E-state index contributed by atoms with van der Waals surface area (Å²) in [6.45, 7) is 4.79. The molecular formula is C29H29N3O2S2. The lowest BCUT2D eigenvalue weighted by atomic mass is 9.97. The van der Waals surface area contributed by atoms with Crippen LogP contribution < -0.4 is 10.5 Å². The molecule has 0 N–H and O–H groups in total. The summed E-state index contributed by atoms with van der Waals surface area (Å²) >= 11 is 3.03. The van der Waals surface area contributed by atoms with Crippen molar-refractivity contribution >= 4 is 44.9 Å². The number of benzene rings is 2. The number of para-hydroxylation sites is 1. The molecule has 5 nitrogen and oxygen atoms in total. The number of fused-ring (bicyclic) bond motifs is 4. The summed E-state index contributed by atoms with van der Waals surface area (Å²) in [5.41, 5.74) is 6.37. The molecule has 2 aliphatic rings. The van der Waals surface area contributed by atoms with Gasteiger partial charge in [0.15, 0.2) is 5.16 Å². The van der Waals surface area contributed by atoms with E-state index < -0.39 is 0 Å². The molecule has 0 unspecified atom stereocenters. The normalized spacial score (nSPS) is 15.1. The predicted molar refractivity (Wildman–Crippen MR) is 149 cm³/mol. The molecule has 1 aliphatic heterocycles. The predicted octanol–water partition coefficient (Wildman–Crippen LogP) is 6.01. The third-order valence-corrected chi connectivity index (χ3v) is 9.41. The molecular weight excluding hydrogens is 486 g/mol. The lowest BCUT2D eigenvalue weighted by Gasteiger charge is -2.29. The summed E-state index contributed by atoms with van der Waals surface area (Å²) in [4.78, 5) is 36.5. The summed E-state index contributed by atoms with van der Waals surface area (Å²) < 4.78 is 1.76. The van der Waals surface area contributed by atoms with Gasteiger partial charge in [-0.1, -0.05) is 42.1 Å². The second-order valence-electron chi connectivity index (χ2n) is 9.78. The first-order chi connectivity index (χ1) is 17.5.